The Balaban J connectivity index is 0.00000512. The predicted molar refractivity (Wildman–Crippen MR) is 122 cm³/mol. The number of nitrogens with two attached hydrogens (primary N) is 2. The number of aliphatic imine (C=N–C) groups is 1. The molecule has 12 heteroatoms. The number of halogens is 1. The van der Waals surface area contributed by atoms with Crippen LogP contribution >= 0.6 is 0 Å². The van der Waals surface area contributed by atoms with Crippen LogP contribution in [0.15, 0.2) is 29.5 Å². The molecule has 0 saturated heterocycles. The Bertz CT molecular complexity index is 1010. The number of aryl methyl sites for hydroxylation is 2. The standard InChI is InChI=1S/C20H31N9O2.ClH/c1-27-11-14(9-15(27)19(30)24-7-6-17(21)22)26-20(31)16-8-13(10-28(16)2)25-18(23)12-29(3,4)5;/h8-11H,6-7,12H2,1-5H3,(H6-,21,22,23,24,25,26,30,31);1H. The number of hydrogen-bond donors (Lipinski definition) is 5. The summed E-state index contributed by atoms with van der Waals surface area (Å²) in [7, 11) is 9.52. The molecular weight excluding hydrogens is 434 g/mol. The van der Waals surface area contributed by atoms with Crippen molar-refractivity contribution < 1.29 is 26.5 Å². The molecule has 0 spiro atoms. The number of anilines is 1. The zero-order valence-corrected chi connectivity index (χ0v) is 19.8. The van der Waals surface area contributed by atoms with Gasteiger partial charge in [0.25, 0.3) is 11.8 Å². The van der Waals surface area contributed by atoms with Gasteiger partial charge in [-0.25, -0.2) is 4.99 Å². The van der Waals surface area contributed by atoms with E-state index in [0.29, 0.717) is 39.6 Å². The average Bonchev–Trinajstić information content (AvgIpc) is 3.14. The first kappa shape index (κ1) is 26.7. The molecule has 32 heavy (non-hydrogen) atoms. The molecule has 0 aromatic carbocycles. The minimum absolute atomic E-state index is 0. The van der Waals surface area contributed by atoms with Gasteiger partial charge in [-0.15, -0.1) is 0 Å². The van der Waals surface area contributed by atoms with Crippen LogP contribution in [0.1, 0.15) is 27.4 Å². The van der Waals surface area contributed by atoms with E-state index in [1.54, 1.807) is 47.8 Å². The van der Waals surface area contributed by atoms with Crippen LogP contribution in [-0.4, -0.2) is 71.3 Å². The summed E-state index contributed by atoms with van der Waals surface area (Å²) in [4.78, 5) is 29.4. The number of amides is 2. The highest BCUT2D eigenvalue weighted by atomic mass is 35.5. The summed E-state index contributed by atoms with van der Waals surface area (Å²) in [5, 5.41) is 12.7. The number of rotatable bonds is 9. The van der Waals surface area contributed by atoms with E-state index in [9.17, 15) is 9.59 Å². The molecule has 0 atom stereocenters. The number of quaternary nitrogens is 1. The molecule has 0 saturated carbocycles. The fraction of sp³-hybridized carbons (Fsp3) is 0.400. The van der Waals surface area contributed by atoms with Crippen LogP contribution in [0.3, 0.4) is 0 Å². The highest BCUT2D eigenvalue weighted by Crippen LogP contribution is 2.19. The van der Waals surface area contributed by atoms with Crippen LogP contribution in [0, 0.1) is 5.41 Å². The van der Waals surface area contributed by atoms with Crippen molar-refractivity contribution >= 4 is 34.9 Å². The van der Waals surface area contributed by atoms with Crippen molar-refractivity contribution in [2.24, 2.45) is 30.6 Å². The Morgan fingerprint density at radius 2 is 1.66 bits per heavy atom. The number of likely N-dealkylation sites (N-methyl/N-ethyl adjacent to an activating group) is 1. The fourth-order valence-corrected chi connectivity index (χ4v) is 2.98. The van der Waals surface area contributed by atoms with Crippen molar-refractivity contribution in [1.29, 1.82) is 5.41 Å². The lowest BCUT2D eigenvalue weighted by Gasteiger charge is -2.22. The number of carbonyl (C=O) groups is 2. The van der Waals surface area contributed by atoms with E-state index < -0.39 is 0 Å². The highest BCUT2D eigenvalue weighted by molar-refractivity contribution is 6.05. The molecular formula is C20H32ClN9O2. The monoisotopic (exact) mass is 465 g/mol. The topological polar surface area (TPSA) is 156 Å². The van der Waals surface area contributed by atoms with E-state index in [-0.39, 0.29) is 43.0 Å². The Labute approximate surface area is 194 Å². The molecule has 0 aliphatic carbocycles. The Hall–Kier alpha value is -3.31. The summed E-state index contributed by atoms with van der Waals surface area (Å²) < 4.78 is 3.94. The molecule has 2 aromatic heterocycles. The molecule has 0 unspecified atom stereocenters. The lowest BCUT2D eigenvalue weighted by molar-refractivity contribution is -0.861. The number of hydrogen-bond acceptors (Lipinski definition) is 4. The molecule has 2 amide bonds. The van der Waals surface area contributed by atoms with Crippen LogP contribution in [0.5, 0.6) is 0 Å². The van der Waals surface area contributed by atoms with Gasteiger partial charge in [0, 0.05) is 39.5 Å². The summed E-state index contributed by atoms with van der Waals surface area (Å²) in [5.41, 5.74) is 13.2. The van der Waals surface area contributed by atoms with E-state index >= 15 is 0 Å². The van der Waals surface area contributed by atoms with Crippen LogP contribution < -0.4 is 34.5 Å². The normalized spacial score (nSPS) is 11.6. The third kappa shape index (κ3) is 7.75. The average molecular weight is 466 g/mol. The summed E-state index contributed by atoms with van der Waals surface area (Å²) in [5.74, 6) is -0.157. The Morgan fingerprint density at radius 1 is 1.06 bits per heavy atom. The maximum atomic E-state index is 12.7. The molecule has 7 N–H and O–H groups in total. The summed E-state index contributed by atoms with van der Waals surface area (Å²) in [6, 6.07) is 3.25. The molecule has 2 rings (SSSR count). The van der Waals surface area contributed by atoms with Gasteiger partial charge in [-0.1, -0.05) is 0 Å². The minimum atomic E-state index is -0.330. The van der Waals surface area contributed by atoms with Gasteiger partial charge in [0.2, 0.25) is 0 Å². The first-order valence-corrected chi connectivity index (χ1v) is 9.74. The summed E-state index contributed by atoms with van der Waals surface area (Å²) in [6.07, 6.45) is 3.66. The molecule has 11 nitrogen and oxygen atoms in total. The summed E-state index contributed by atoms with van der Waals surface area (Å²) in [6.45, 7) is 0.850. The number of carbonyl (C=O) groups excluding carboxylic acids is 2. The minimum Gasteiger partial charge on any atom is -1.00 e. The first-order valence-electron chi connectivity index (χ1n) is 9.74. The third-order valence-electron chi connectivity index (χ3n) is 4.31. The van der Waals surface area contributed by atoms with Crippen molar-refractivity contribution in [2.45, 2.75) is 6.42 Å². The number of aromatic nitrogens is 2. The molecule has 2 aromatic rings. The van der Waals surface area contributed by atoms with Crippen molar-refractivity contribution in [3.63, 3.8) is 0 Å². The quantitative estimate of drug-likeness (QED) is 0.156. The number of amidine groups is 2. The Morgan fingerprint density at radius 3 is 2.25 bits per heavy atom. The second kappa shape index (κ2) is 10.8. The zero-order chi connectivity index (χ0) is 23.3. The van der Waals surface area contributed by atoms with Gasteiger partial charge in [-0.3, -0.25) is 15.0 Å². The van der Waals surface area contributed by atoms with Gasteiger partial charge < -0.3 is 48.1 Å². The van der Waals surface area contributed by atoms with Gasteiger partial charge in [-0.05, 0) is 12.1 Å². The second-order valence-electron chi connectivity index (χ2n) is 8.46. The maximum absolute atomic E-state index is 12.7. The molecule has 176 valence electrons. The smallest absolute Gasteiger partial charge is 0.272 e. The Kier molecular flexibility index (Phi) is 9.04. The van der Waals surface area contributed by atoms with Crippen molar-refractivity contribution in [2.75, 3.05) is 39.5 Å². The van der Waals surface area contributed by atoms with Crippen molar-refractivity contribution in [3.05, 3.63) is 35.9 Å². The SMILES string of the molecule is Cn1cc(NC(=O)c2cc(N=C(N)C[N+](C)(C)C)cn2C)cc1C(=O)NCCC(=N)N.[Cl-]. The van der Waals surface area contributed by atoms with E-state index in [1.807, 2.05) is 21.1 Å². The van der Waals surface area contributed by atoms with Crippen molar-refractivity contribution in [1.82, 2.24) is 14.5 Å². The largest absolute Gasteiger partial charge is 1.00 e. The van der Waals surface area contributed by atoms with Gasteiger partial charge in [-0.2, -0.15) is 0 Å². The molecule has 0 bridgehead atoms. The zero-order valence-electron chi connectivity index (χ0n) is 19.1. The highest BCUT2D eigenvalue weighted by Gasteiger charge is 2.17. The molecule has 0 aliphatic heterocycles. The van der Waals surface area contributed by atoms with Crippen LogP contribution in [0.4, 0.5) is 11.4 Å². The predicted octanol–water partition coefficient (Wildman–Crippen LogP) is -2.63. The van der Waals surface area contributed by atoms with Crippen LogP contribution in [0.2, 0.25) is 0 Å². The van der Waals surface area contributed by atoms with E-state index in [1.165, 1.54) is 0 Å². The maximum Gasteiger partial charge on any atom is 0.272 e. The van der Waals surface area contributed by atoms with Gasteiger partial charge in [0.05, 0.1) is 38.4 Å². The lowest BCUT2D eigenvalue weighted by atomic mass is 10.3. The first-order chi connectivity index (χ1) is 14.4. The summed E-state index contributed by atoms with van der Waals surface area (Å²) >= 11 is 0. The number of nitrogens with zero attached hydrogens (tertiary/aromatic N) is 4. The van der Waals surface area contributed by atoms with E-state index in [2.05, 4.69) is 15.6 Å². The van der Waals surface area contributed by atoms with Gasteiger partial charge >= 0.3 is 0 Å². The van der Waals surface area contributed by atoms with E-state index in [4.69, 9.17) is 16.9 Å². The fourth-order valence-electron chi connectivity index (χ4n) is 2.98. The van der Waals surface area contributed by atoms with E-state index in [0.717, 1.165) is 0 Å². The molecule has 2 heterocycles. The van der Waals surface area contributed by atoms with Crippen LogP contribution in [-0.2, 0) is 14.1 Å². The molecule has 0 fully saturated rings. The molecule has 0 aliphatic rings. The van der Waals surface area contributed by atoms with Gasteiger partial charge in [0.1, 0.15) is 17.9 Å². The third-order valence-corrected chi connectivity index (χ3v) is 4.31. The van der Waals surface area contributed by atoms with Gasteiger partial charge in [0.15, 0.2) is 5.84 Å². The second-order valence-corrected chi connectivity index (χ2v) is 8.46. The lowest BCUT2D eigenvalue weighted by Crippen LogP contribution is -3.00. The van der Waals surface area contributed by atoms with Crippen LogP contribution in [0.25, 0.3) is 0 Å². The number of nitrogens with one attached hydrogen (secondary N) is 3. The van der Waals surface area contributed by atoms with Crippen molar-refractivity contribution in [3.8, 4) is 0 Å². The molecule has 0 radical (unpaired) electrons.